The van der Waals surface area contributed by atoms with Crippen molar-refractivity contribution in [3.8, 4) is 11.1 Å². The van der Waals surface area contributed by atoms with Crippen LogP contribution < -0.4 is 4.90 Å². The van der Waals surface area contributed by atoms with Crippen LogP contribution >= 0.6 is 0 Å². The van der Waals surface area contributed by atoms with Gasteiger partial charge in [0.25, 0.3) is 0 Å². The fourth-order valence-electron chi connectivity index (χ4n) is 4.11. The Kier molecular flexibility index (Phi) is 4.70. The second kappa shape index (κ2) is 7.56. The SMILES string of the molecule is CC1(Cc2cncnc2)C(=O)N(c2ncccn2)c2ccc(-c3ccc(F)c(F)c3)cc21. The van der Waals surface area contributed by atoms with Gasteiger partial charge in [0.2, 0.25) is 11.9 Å². The van der Waals surface area contributed by atoms with Gasteiger partial charge in [-0.25, -0.2) is 33.6 Å². The van der Waals surface area contributed by atoms with Crippen molar-refractivity contribution < 1.29 is 13.6 Å². The van der Waals surface area contributed by atoms with Crippen LogP contribution in [0.1, 0.15) is 18.1 Å². The third-order valence-electron chi connectivity index (χ3n) is 5.68. The summed E-state index contributed by atoms with van der Waals surface area (Å²) < 4.78 is 27.3. The molecule has 0 radical (unpaired) electrons. The summed E-state index contributed by atoms with van der Waals surface area (Å²) in [5.41, 5.74) is 2.39. The molecule has 0 saturated heterocycles. The Morgan fingerprint density at radius 1 is 0.938 bits per heavy atom. The molecule has 6 nitrogen and oxygen atoms in total. The Labute approximate surface area is 182 Å². The molecule has 1 amide bonds. The van der Waals surface area contributed by atoms with Crippen molar-refractivity contribution in [1.29, 1.82) is 0 Å². The van der Waals surface area contributed by atoms with E-state index in [4.69, 9.17) is 0 Å². The third-order valence-corrected chi connectivity index (χ3v) is 5.68. The molecule has 0 spiro atoms. The van der Waals surface area contributed by atoms with Gasteiger partial charge in [0, 0.05) is 24.8 Å². The van der Waals surface area contributed by atoms with Crippen LogP contribution in [0.15, 0.2) is 73.6 Å². The maximum Gasteiger partial charge on any atom is 0.244 e. The summed E-state index contributed by atoms with van der Waals surface area (Å²) in [5, 5.41) is 0. The van der Waals surface area contributed by atoms with Crippen LogP contribution in [0.3, 0.4) is 0 Å². The van der Waals surface area contributed by atoms with Crippen LogP contribution in [0, 0.1) is 11.6 Å². The molecule has 1 aliphatic rings. The van der Waals surface area contributed by atoms with Crippen molar-refractivity contribution >= 4 is 17.5 Å². The Balaban J connectivity index is 1.67. The number of anilines is 2. The van der Waals surface area contributed by atoms with E-state index in [2.05, 4.69) is 19.9 Å². The van der Waals surface area contributed by atoms with Crippen LogP contribution in [0.5, 0.6) is 0 Å². The van der Waals surface area contributed by atoms with Crippen molar-refractivity contribution in [1.82, 2.24) is 19.9 Å². The fraction of sp³-hybridized carbons (Fsp3) is 0.125. The Morgan fingerprint density at radius 2 is 1.62 bits per heavy atom. The number of amides is 1. The highest BCUT2D eigenvalue weighted by Crippen LogP contribution is 2.47. The Hall–Kier alpha value is -4.07. The van der Waals surface area contributed by atoms with Crippen molar-refractivity contribution in [2.75, 3.05) is 4.90 Å². The molecule has 5 rings (SSSR count). The predicted molar refractivity (Wildman–Crippen MR) is 114 cm³/mol. The number of aromatic nitrogens is 4. The molecule has 0 saturated carbocycles. The number of hydrogen-bond donors (Lipinski definition) is 0. The van der Waals surface area contributed by atoms with E-state index in [1.807, 2.05) is 13.0 Å². The molecule has 3 heterocycles. The summed E-state index contributed by atoms with van der Waals surface area (Å²) in [5.74, 6) is -1.76. The zero-order chi connectivity index (χ0) is 22.3. The fourth-order valence-corrected chi connectivity index (χ4v) is 4.11. The molecular formula is C24H17F2N5O. The monoisotopic (exact) mass is 429 g/mol. The van der Waals surface area contributed by atoms with Gasteiger partial charge in [-0.05, 0) is 65.9 Å². The molecule has 8 heteroatoms. The first kappa shape index (κ1) is 19.9. The van der Waals surface area contributed by atoms with Gasteiger partial charge in [0.15, 0.2) is 11.6 Å². The second-order valence-electron chi connectivity index (χ2n) is 7.81. The summed E-state index contributed by atoms with van der Waals surface area (Å²) in [6, 6.07) is 10.8. The highest BCUT2D eigenvalue weighted by Gasteiger charge is 2.49. The van der Waals surface area contributed by atoms with Gasteiger partial charge >= 0.3 is 0 Å². The zero-order valence-electron chi connectivity index (χ0n) is 17.0. The normalized spacial score (nSPS) is 17.5. The summed E-state index contributed by atoms with van der Waals surface area (Å²) >= 11 is 0. The van der Waals surface area contributed by atoms with E-state index in [0.717, 1.165) is 23.3 Å². The number of rotatable bonds is 4. The zero-order valence-corrected chi connectivity index (χ0v) is 17.0. The average Bonchev–Trinajstić information content (AvgIpc) is 3.03. The number of nitrogens with zero attached hydrogens (tertiary/aromatic N) is 5. The molecule has 0 fully saturated rings. The summed E-state index contributed by atoms with van der Waals surface area (Å²) in [6.45, 7) is 1.85. The maximum atomic E-state index is 13.9. The lowest BCUT2D eigenvalue weighted by atomic mass is 9.78. The lowest BCUT2D eigenvalue weighted by Gasteiger charge is -2.23. The molecule has 0 bridgehead atoms. The van der Waals surface area contributed by atoms with E-state index in [9.17, 15) is 13.6 Å². The minimum Gasteiger partial charge on any atom is -0.273 e. The number of hydrogen-bond acceptors (Lipinski definition) is 5. The van der Waals surface area contributed by atoms with Gasteiger partial charge in [0.05, 0.1) is 11.1 Å². The minimum atomic E-state index is -0.964. The Morgan fingerprint density at radius 3 is 2.34 bits per heavy atom. The molecular weight excluding hydrogens is 412 g/mol. The van der Waals surface area contributed by atoms with E-state index in [1.54, 1.807) is 43.0 Å². The number of carbonyl (C=O) groups is 1. The van der Waals surface area contributed by atoms with Gasteiger partial charge < -0.3 is 0 Å². The van der Waals surface area contributed by atoms with Crippen molar-refractivity contribution in [2.45, 2.75) is 18.8 Å². The van der Waals surface area contributed by atoms with Crippen molar-refractivity contribution in [3.63, 3.8) is 0 Å². The van der Waals surface area contributed by atoms with Crippen LogP contribution in [0.2, 0.25) is 0 Å². The highest BCUT2D eigenvalue weighted by atomic mass is 19.2. The highest BCUT2D eigenvalue weighted by molar-refractivity contribution is 6.12. The van der Waals surface area contributed by atoms with Crippen LogP contribution in [0.4, 0.5) is 20.4 Å². The topological polar surface area (TPSA) is 71.9 Å². The molecule has 0 aliphatic carbocycles. The van der Waals surface area contributed by atoms with Gasteiger partial charge in [0.1, 0.15) is 6.33 Å². The summed E-state index contributed by atoms with van der Waals surface area (Å²) in [6.07, 6.45) is 8.28. The second-order valence-corrected chi connectivity index (χ2v) is 7.81. The summed E-state index contributed by atoms with van der Waals surface area (Å²) in [7, 11) is 0. The number of carbonyl (C=O) groups excluding carboxylic acids is 1. The molecule has 4 aromatic rings. The summed E-state index contributed by atoms with van der Waals surface area (Å²) in [4.78, 5) is 31.9. The molecule has 1 aliphatic heterocycles. The molecule has 2 aromatic heterocycles. The van der Waals surface area contributed by atoms with Crippen LogP contribution in [0.25, 0.3) is 11.1 Å². The van der Waals surface area contributed by atoms with Crippen LogP contribution in [-0.2, 0) is 16.6 Å². The minimum absolute atomic E-state index is 0.190. The molecule has 1 atom stereocenters. The van der Waals surface area contributed by atoms with E-state index in [-0.39, 0.29) is 11.9 Å². The largest absolute Gasteiger partial charge is 0.273 e. The predicted octanol–water partition coefficient (Wildman–Crippen LogP) is 4.39. The third kappa shape index (κ3) is 3.20. The standard InChI is InChI=1S/C24H17F2N5O/c1-24(11-15-12-27-14-28-13-15)18-9-16(17-3-5-19(25)20(26)10-17)4-6-21(18)31(22(24)32)23-29-7-2-8-30-23/h2-10,12-14H,11H2,1H3. The lowest BCUT2D eigenvalue weighted by molar-refractivity contribution is -0.122. The average molecular weight is 429 g/mol. The maximum absolute atomic E-state index is 13.9. The first-order valence-corrected chi connectivity index (χ1v) is 9.93. The molecule has 2 aromatic carbocycles. The van der Waals surface area contributed by atoms with E-state index in [0.29, 0.717) is 23.2 Å². The molecule has 32 heavy (non-hydrogen) atoms. The van der Waals surface area contributed by atoms with Gasteiger partial charge in [-0.2, -0.15) is 0 Å². The van der Waals surface area contributed by atoms with Crippen molar-refractivity contribution in [2.24, 2.45) is 0 Å². The van der Waals surface area contributed by atoms with E-state index < -0.39 is 17.0 Å². The number of halogens is 2. The van der Waals surface area contributed by atoms with Gasteiger partial charge in [-0.1, -0.05) is 12.1 Å². The number of fused-ring (bicyclic) bond motifs is 1. The first-order chi connectivity index (χ1) is 15.5. The number of benzene rings is 2. The molecule has 0 N–H and O–H groups in total. The van der Waals surface area contributed by atoms with Crippen molar-refractivity contribution in [3.05, 3.63) is 96.3 Å². The van der Waals surface area contributed by atoms with Gasteiger partial charge in [-0.3, -0.25) is 4.79 Å². The molecule has 158 valence electrons. The van der Waals surface area contributed by atoms with Crippen LogP contribution in [-0.4, -0.2) is 25.8 Å². The smallest absolute Gasteiger partial charge is 0.244 e. The quantitative estimate of drug-likeness (QED) is 0.481. The first-order valence-electron chi connectivity index (χ1n) is 9.93. The Bertz CT molecular complexity index is 1320. The van der Waals surface area contributed by atoms with E-state index in [1.165, 1.54) is 17.3 Å². The molecule has 1 unspecified atom stereocenters. The van der Waals surface area contributed by atoms with E-state index >= 15 is 0 Å². The van der Waals surface area contributed by atoms with Gasteiger partial charge in [-0.15, -0.1) is 0 Å². The lowest BCUT2D eigenvalue weighted by Crippen LogP contribution is -2.38.